The van der Waals surface area contributed by atoms with Crippen LogP contribution in [0.3, 0.4) is 0 Å². The van der Waals surface area contributed by atoms with Gasteiger partial charge in [0.15, 0.2) is 11.5 Å². The van der Waals surface area contributed by atoms with E-state index in [9.17, 15) is 14.3 Å². The van der Waals surface area contributed by atoms with Gasteiger partial charge in [-0.15, -0.1) is 0 Å². The van der Waals surface area contributed by atoms with Crippen molar-refractivity contribution in [1.82, 2.24) is 4.90 Å². The Labute approximate surface area is 157 Å². The number of hydrogen-bond donors (Lipinski definition) is 1. The van der Waals surface area contributed by atoms with E-state index in [2.05, 4.69) is 0 Å². The van der Waals surface area contributed by atoms with Gasteiger partial charge in [-0.25, -0.2) is 9.18 Å². The van der Waals surface area contributed by atoms with Gasteiger partial charge in [0.05, 0.1) is 6.61 Å². The summed E-state index contributed by atoms with van der Waals surface area (Å²) in [5, 5.41) is 9.35. The molecule has 1 saturated heterocycles. The molecule has 0 radical (unpaired) electrons. The summed E-state index contributed by atoms with van der Waals surface area (Å²) in [6, 6.07) is 11.4. The van der Waals surface area contributed by atoms with Gasteiger partial charge in [-0.05, 0) is 42.2 Å². The molecule has 0 aromatic heterocycles. The van der Waals surface area contributed by atoms with E-state index in [1.807, 2.05) is 0 Å². The summed E-state index contributed by atoms with van der Waals surface area (Å²) in [5.74, 6) is 1.19. The minimum Gasteiger partial charge on any atom is -0.493 e. The average molecular weight is 374 g/mol. The molecule has 1 N–H and O–H groups in total. The standard InChI is InChI=1S/C20H20FNO5/c21-15-3-1-13(2-4-15)17-7-8-22(20(23)24)10-14(17)11-25-16-5-6-18-19(9-16)27-12-26-18/h1-6,9,14,17H,7-8,10-12H2,(H,23,24)/i12D. The predicted octanol–water partition coefficient (Wildman–Crippen LogP) is 3.72. The Bertz CT molecular complexity index is 862. The number of nitrogens with zero attached hydrogens (tertiary/aromatic N) is 1. The number of likely N-dealkylation sites (tertiary alicyclic amines) is 1. The Balaban J connectivity index is 1.49. The first-order chi connectivity index (χ1) is 13.5. The van der Waals surface area contributed by atoms with Gasteiger partial charge in [0.1, 0.15) is 12.9 Å². The van der Waals surface area contributed by atoms with Gasteiger partial charge in [-0.1, -0.05) is 12.1 Å². The molecule has 2 heterocycles. The third-order valence-corrected chi connectivity index (χ3v) is 5.03. The van der Waals surface area contributed by atoms with Gasteiger partial charge >= 0.3 is 6.09 Å². The fourth-order valence-electron chi connectivity index (χ4n) is 3.62. The van der Waals surface area contributed by atoms with E-state index in [0.717, 1.165) is 5.56 Å². The molecule has 0 bridgehead atoms. The Hall–Kier alpha value is -2.96. The van der Waals surface area contributed by atoms with E-state index < -0.39 is 12.9 Å². The van der Waals surface area contributed by atoms with Crippen molar-refractivity contribution in [3.63, 3.8) is 0 Å². The Morgan fingerprint density at radius 3 is 2.81 bits per heavy atom. The van der Waals surface area contributed by atoms with Crippen molar-refractivity contribution in [1.29, 1.82) is 0 Å². The fourth-order valence-corrected chi connectivity index (χ4v) is 3.62. The van der Waals surface area contributed by atoms with Crippen molar-refractivity contribution in [2.24, 2.45) is 5.92 Å². The van der Waals surface area contributed by atoms with Crippen LogP contribution in [0.15, 0.2) is 42.5 Å². The summed E-state index contributed by atoms with van der Waals surface area (Å²) in [6.45, 7) is 0.00511. The van der Waals surface area contributed by atoms with Crippen LogP contribution in [-0.4, -0.2) is 42.6 Å². The van der Waals surface area contributed by atoms with Crippen LogP contribution >= 0.6 is 0 Å². The van der Waals surface area contributed by atoms with Crippen molar-refractivity contribution < 1.29 is 29.9 Å². The smallest absolute Gasteiger partial charge is 0.407 e. The SMILES string of the molecule is [2H]C1Oc2ccc(OCC3CN(C(=O)O)CCC3c3ccc(F)cc3)cc2O1. The van der Waals surface area contributed by atoms with Gasteiger partial charge in [-0.3, -0.25) is 0 Å². The van der Waals surface area contributed by atoms with Gasteiger partial charge in [0.25, 0.3) is 0 Å². The lowest BCUT2D eigenvalue weighted by Gasteiger charge is -2.37. The third-order valence-electron chi connectivity index (χ3n) is 5.03. The van der Waals surface area contributed by atoms with E-state index in [4.69, 9.17) is 15.6 Å². The zero-order valence-corrected chi connectivity index (χ0v) is 14.5. The third kappa shape index (κ3) is 3.77. The highest BCUT2D eigenvalue weighted by molar-refractivity contribution is 5.65. The van der Waals surface area contributed by atoms with Gasteiger partial charge in [-0.2, -0.15) is 0 Å². The molecule has 2 aromatic rings. The highest BCUT2D eigenvalue weighted by atomic mass is 19.1. The second-order valence-corrected chi connectivity index (χ2v) is 6.69. The van der Waals surface area contributed by atoms with Gasteiger partial charge in [0, 0.05) is 25.1 Å². The number of halogens is 1. The lowest BCUT2D eigenvalue weighted by molar-refractivity contribution is 0.0938. The number of benzene rings is 2. The number of ether oxygens (including phenoxy) is 3. The lowest BCUT2D eigenvalue weighted by atomic mass is 9.81. The Kier molecular flexibility index (Phi) is 4.41. The monoisotopic (exact) mass is 374 g/mol. The number of rotatable bonds is 4. The fraction of sp³-hybridized carbons (Fsp3) is 0.350. The molecular weight excluding hydrogens is 353 g/mol. The van der Waals surface area contributed by atoms with Crippen molar-refractivity contribution in [2.45, 2.75) is 12.3 Å². The molecule has 3 atom stereocenters. The topological polar surface area (TPSA) is 68.2 Å². The van der Waals surface area contributed by atoms with Crippen LogP contribution in [0.25, 0.3) is 0 Å². The highest BCUT2D eigenvalue weighted by Gasteiger charge is 2.33. The molecule has 4 rings (SSSR count). The maximum Gasteiger partial charge on any atom is 0.407 e. The first-order valence-corrected chi connectivity index (χ1v) is 8.75. The summed E-state index contributed by atoms with van der Waals surface area (Å²) in [4.78, 5) is 12.8. The van der Waals surface area contributed by atoms with Crippen molar-refractivity contribution in [3.05, 3.63) is 53.8 Å². The second kappa shape index (κ2) is 7.34. The Morgan fingerprint density at radius 1 is 1.26 bits per heavy atom. The normalized spacial score (nSPS) is 24.4. The Morgan fingerprint density at radius 2 is 2.04 bits per heavy atom. The molecule has 2 aliphatic rings. The van der Waals surface area contributed by atoms with E-state index in [1.165, 1.54) is 17.0 Å². The number of amides is 1. The molecule has 2 aromatic carbocycles. The molecule has 0 saturated carbocycles. The summed E-state index contributed by atoms with van der Waals surface area (Å²) in [6.07, 6.45) is -0.305. The van der Waals surface area contributed by atoms with Crippen molar-refractivity contribution in [3.8, 4) is 17.2 Å². The minimum atomic E-state index is -1.07. The molecule has 6 nitrogen and oxygen atoms in total. The number of hydrogen-bond acceptors (Lipinski definition) is 4. The zero-order chi connectivity index (χ0) is 19.7. The summed E-state index contributed by atoms with van der Waals surface area (Å²) in [5.41, 5.74) is 0.975. The molecule has 7 heteroatoms. The van der Waals surface area contributed by atoms with Crippen molar-refractivity contribution in [2.75, 3.05) is 26.5 Å². The van der Waals surface area contributed by atoms with E-state index in [-0.39, 0.29) is 17.7 Å². The van der Waals surface area contributed by atoms with Crippen LogP contribution in [0.5, 0.6) is 17.2 Å². The predicted molar refractivity (Wildman–Crippen MR) is 94.9 cm³/mol. The van der Waals surface area contributed by atoms with Crippen LogP contribution < -0.4 is 14.2 Å². The molecule has 1 amide bonds. The molecule has 1 fully saturated rings. The maximum atomic E-state index is 13.3. The van der Waals surface area contributed by atoms with Crippen LogP contribution in [-0.2, 0) is 0 Å². The molecule has 0 aliphatic carbocycles. The largest absolute Gasteiger partial charge is 0.493 e. The van der Waals surface area contributed by atoms with Gasteiger partial charge < -0.3 is 24.2 Å². The van der Waals surface area contributed by atoms with E-state index in [0.29, 0.717) is 43.4 Å². The summed E-state index contributed by atoms with van der Waals surface area (Å²) >= 11 is 0. The minimum absolute atomic E-state index is 0.0721. The quantitative estimate of drug-likeness (QED) is 0.883. The van der Waals surface area contributed by atoms with E-state index in [1.54, 1.807) is 30.3 Å². The van der Waals surface area contributed by atoms with Crippen molar-refractivity contribution >= 4 is 6.09 Å². The average Bonchev–Trinajstić information content (AvgIpc) is 3.06. The van der Waals surface area contributed by atoms with Crippen LogP contribution in [0, 0.1) is 11.7 Å². The number of fused-ring (bicyclic) bond motifs is 1. The second-order valence-electron chi connectivity index (χ2n) is 6.69. The molecule has 0 spiro atoms. The van der Waals surface area contributed by atoms with Crippen LogP contribution in [0.2, 0.25) is 0 Å². The van der Waals surface area contributed by atoms with E-state index >= 15 is 0 Å². The first kappa shape index (κ1) is 16.2. The number of carboxylic acid groups (broad SMARTS) is 1. The zero-order valence-electron chi connectivity index (χ0n) is 15.5. The molecule has 3 unspecified atom stereocenters. The molecular formula is C20H20FNO5. The molecule has 2 aliphatic heterocycles. The number of carbonyl (C=O) groups is 1. The first-order valence-electron chi connectivity index (χ1n) is 9.33. The maximum absolute atomic E-state index is 13.3. The summed E-state index contributed by atoms with van der Waals surface area (Å²) in [7, 11) is 0. The van der Waals surface area contributed by atoms with Crippen LogP contribution in [0.4, 0.5) is 9.18 Å². The molecule has 27 heavy (non-hydrogen) atoms. The molecule has 142 valence electrons. The van der Waals surface area contributed by atoms with Crippen LogP contribution in [0.1, 0.15) is 19.3 Å². The lowest BCUT2D eigenvalue weighted by Crippen LogP contribution is -2.44. The highest BCUT2D eigenvalue weighted by Crippen LogP contribution is 2.37. The summed E-state index contributed by atoms with van der Waals surface area (Å²) < 4.78 is 37.1. The number of piperidine rings is 1. The van der Waals surface area contributed by atoms with Gasteiger partial charge in [0.2, 0.25) is 6.77 Å².